The van der Waals surface area contributed by atoms with Gasteiger partial charge in [0.05, 0.1) is 15.0 Å². The lowest BCUT2D eigenvalue weighted by atomic mass is 10.1. The lowest BCUT2D eigenvalue weighted by molar-refractivity contribution is 0.811. The summed E-state index contributed by atoms with van der Waals surface area (Å²) in [6.07, 6.45) is 0. The Balaban J connectivity index is 2.58. The molecule has 0 unspecified atom stereocenters. The van der Waals surface area contributed by atoms with Crippen LogP contribution in [0.25, 0.3) is 10.7 Å². The summed E-state index contributed by atoms with van der Waals surface area (Å²) in [6.45, 7) is 6.24. The van der Waals surface area contributed by atoms with Crippen LogP contribution in [0.5, 0.6) is 0 Å². The van der Waals surface area contributed by atoms with E-state index in [1.807, 2.05) is 6.07 Å². The van der Waals surface area contributed by atoms with Crippen molar-refractivity contribution in [2.45, 2.75) is 26.7 Å². The van der Waals surface area contributed by atoms with Crippen LogP contribution in [-0.4, -0.2) is 9.97 Å². The summed E-state index contributed by atoms with van der Waals surface area (Å²) in [4.78, 5) is 11.2. The Hall–Kier alpha value is -0.460. The Morgan fingerprint density at radius 2 is 1.94 bits per heavy atom. The third-order valence-electron chi connectivity index (χ3n) is 2.53. The fourth-order valence-corrected chi connectivity index (χ4v) is 3.65. The van der Waals surface area contributed by atoms with Gasteiger partial charge in [0.1, 0.15) is 5.82 Å². The van der Waals surface area contributed by atoms with E-state index in [0.29, 0.717) is 17.6 Å². The quantitative estimate of drug-likeness (QED) is 0.805. The molecule has 6 heteroatoms. The summed E-state index contributed by atoms with van der Waals surface area (Å²) in [5.41, 5.74) is 6.88. The summed E-state index contributed by atoms with van der Waals surface area (Å²) in [5, 5.41) is 0. The van der Waals surface area contributed by atoms with Gasteiger partial charge in [0.15, 0.2) is 5.82 Å². The minimum atomic E-state index is 0.299. The number of nitrogen functional groups attached to an aromatic ring is 1. The highest BCUT2D eigenvalue weighted by Gasteiger charge is 2.15. The molecule has 0 aliphatic heterocycles. The smallest absolute Gasteiger partial charge is 0.171 e. The zero-order chi connectivity index (χ0) is 13.4. The number of anilines is 1. The van der Waals surface area contributed by atoms with E-state index in [0.717, 1.165) is 19.5 Å². The van der Waals surface area contributed by atoms with Crippen molar-refractivity contribution in [1.29, 1.82) is 0 Å². The molecule has 0 amide bonds. The van der Waals surface area contributed by atoms with E-state index in [1.54, 1.807) is 11.3 Å². The number of hydrogen-bond acceptors (Lipinski definition) is 4. The predicted octanol–water partition coefficient (Wildman–Crippen LogP) is 4.74. The van der Waals surface area contributed by atoms with E-state index in [1.165, 1.54) is 4.88 Å². The fourth-order valence-electron chi connectivity index (χ4n) is 1.55. The highest BCUT2D eigenvalue weighted by molar-refractivity contribution is 9.11. The molecule has 0 fully saturated rings. The van der Waals surface area contributed by atoms with E-state index in [-0.39, 0.29) is 0 Å². The lowest BCUT2D eigenvalue weighted by Crippen LogP contribution is -2.03. The number of thiophene rings is 1. The van der Waals surface area contributed by atoms with Crippen LogP contribution < -0.4 is 5.73 Å². The molecule has 2 rings (SSSR count). The average Bonchev–Trinajstić information content (AvgIpc) is 2.62. The average molecular weight is 391 g/mol. The van der Waals surface area contributed by atoms with Crippen LogP contribution in [-0.2, 0) is 0 Å². The van der Waals surface area contributed by atoms with Crippen LogP contribution >= 0.6 is 43.2 Å². The molecule has 0 aliphatic carbocycles. The van der Waals surface area contributed by atoms with Crippen molar-refractivity contribution in [3.63, 3.8) is 0 Å². The molecule has 0 spiro atoms. The summed E-state index contributed by atoms with van der Waals surface area (Å²) in [5.74, 6) is 1.48. The Morgan fingerprint density at radius 1 is 1.28 bits per heavy atom. The molecular formula is C12H13Br2N3S. The maximum absolute atomic E-state index is 5.94. The number of nitrogens with zero attached hydrogens (tertiary/aromatic N) is 2. The molecule has 2 heterocycles. The molecule has 96 valence electrons. The number of aromatic nitrogens is 2. The van der Waals surface area contributed by atoms with Gasteiger partial charge in [0.25, 0.3) is 0 Å². The largest absolute Gasteiger partial charge is 0.383 e. The second-order valence-electron chi connectivity index (χ2n) is 4.30. The van der Waals surface area contributed by atoms with Gasteiger partial charge >= 0.3 is 0 Å². The van der Waals surface area contributed by atoms with Crippen molar-refractivity contribution in [3.8, 4) is 10.7 Å². The molecule has 0 saturated heterocycles. The molecular weight excluding hydrogens is 378 g/mol. The molecule has 0 radical (unpaired) electrons. The lowest BCUT2D eigenvalue weighted by Gasteiger charge is -2.10. The molecule has 2 N–H and O–H groups in total. The number of nitrogens with two attached hydrogens (primary N) is 1. The van der Waals surface area contributed by atoms with Crippen LogP contribution in [0.4, 0.5) is 5.82 Å². The molecule has 3 nitrogen and oxygen atoms in total. The molecule has 0 saturated carbocycles. The van der Waals surface area contributed by atoms with Gasteiger partial charge in [0.2, 0.25) is 0 Å². The maximum Gasteiger partial charge on any atom is 0.171 e. The normalized spacial score (nSPS) is 11.2. The Labute approximate surface area is 127 Å². The van der Waals surface area contributed by atoms with E-state index < -0.39 is 0 Å². The Morgan fingerprint density at radius 3 is 2.44 bits per heavy atom. The first-order valence-electron chi connectivity index (χ1n) is 5.49. The monoisotopic (exact) mass is 389 g/mol. The number of hydrogen-bond donors (Lipinski definition) is 1. The molecule has 2 aromatic rings. The van der Waals surface area contributed by atoms with E-state index in [9.17, 15) is 0 Å². The van der Waals surface area contributed by atoms with Crippen molar-refractivity contribution in [2.24, 2.45) is 0 Å². The van der Waals surface area contributed by atoms with E-state index in [2.05, 4.69) is 62.6 Å². The first-order chi connectivity index (χ1) is 8.40. The van der Waals surface area contributed by atoms with Gasteiger partial charge in [0, 0.05) is 9.35 Å². The second-order valence-corrected chi connectivity index (χ2v) is 7.20. The van der Waals surface area contributed by atoms with Gasteiger partial charge in [-0.2, -0.15) is 0 Å². The number of aryl methyl sites for hydroxylation is 1. The van der Waals surface area contributed by atoms with Crippen LogP contribution in [0.2, 0.25) is 0 Å². The zero-order valence-electron chi connectivity index (χ0n) is 10.3. The molecule has 0 aromatic carbocycles. The topological polar surface area (TPSA) is 51.8 Å². The highest BCUT2D eigenvalue weighted by atomic mass is 79.9. The van der Waals surface area contributed by atoms with Crippen molar-refractivity contribution >= 4 is 49.0 Å². The van der Waals surface area contributed by atoms with Crippen molar-refractivity contribution in [2.75, 3.05) is 5.73 Å². The van der Waals surface area contributed by atoms with Crippen molar-refractivity contribution in [3.05, 3.63) is 25.6 Å². The maximum atomic E-state index is 5.94. The Bertz CT molecular complexity index is 574. The first kappa shape index (κ1) is 14.0. The summed E-state index contributed by atoms with van der Waals surface area (Å²) in [6, 6.07) is 2.03. The van der Waals surface area contributed by atoms with Crippen molar-refractivity contribution < 1.29 is 0 Å². The molecule has 0 bridgehead atoms. The fraction of sp³-hybridized carbons (Fsp3) is 0.333. The van der Waals surface area contributed by atoms with Gasteiger partial charge in [-0.3, -0.25) is 0 Å². The summed E-state index contributed by atoms with van der Waals surface area (Å²) >= 11 is 8.62. The zero-order valence-corrected chi connectivity index (χ0v) is 14.3. The highest BCUT2D eigenvalue weighted by Crippen LogP contribution is 2.35. The van der Waals surface area contributed by atoms with Crippen LogP contribution in [0.3, 0.4) is 0 Å². The van der Waals surface area contributed by atoms with Gasteiger partial charge in [-0.25, -0.2) is 9.97 Å². The summed E-state index contributed by atoms with van der Waals surface area (Å²) < 4.78 is 1.88. The number of rotatable bonds is 2. The van der Waals surface area contributed by atoms with Gasteiger partial charge in [-0.15, -0.1) is 11.3 Å². The molecule has 18 heavy (non-hydrogen) atoms. The summed E-state index contributed by atoms with van der Waals surface area (Å²) in [7, 11) is 0. The third kappa shape index (κ3) is 2.60. The molecule has 0 aliphatic rings. The van der Waals surface area contributed by atoms with E-state index >= 15 is 0 Å². The van der Waals surface area contributed by atoms with Crippen molar-refractivity contribution in [1.82, 2.24) is 9.97 Å². The minimum Gasteiger partial charge on any atom is -0.383 e. The van der Waals surface area contributed by atoms with Gasteiger partial charge in [-0.1, -0.05) is 13.8 Å². The van der Waals surface area contributed by atoms with E-state index in [4.69, 9.17) is 5.73 Å². The standard InChI is InChI=1S/C12H13Br2N3S/c1-5(2)10-9(14)11(15)17-12(16-10)8-4-7(13)6(3)18-8/h4-5H,1-3H3,(H2,15,16,17). The van der Waals surface area contributed by atoms with Crippen LogP contribution in [0, 0.1) is 6.92 Å². The van der Waals surface area contributed by atoms with Gasteiger partial charge < -0.3 is 5.73 Å². The third-order valence-corrected chi connectivity index (χ3v) is 5.47. The molecule has 0 atom stereocenters. The minimum absolute atomic E-state index is 0.299. The van der Waals surface area contributed by atoms with Gasteiger partial charge in [-0.05, 0) is 50.8 Å². The van der Waals surface area contributed by atoms with Crippen LogP contribution in [0.15, 0.2) is 15.0 Å². The van der Waals surface area contributed by atoms with Crippen LogP contribution in [0.1, 0.15) is 30.3 Å². The SMILES string of the molecule is Cc1sc(-c2nc(N)c(Br)c(C(C)C)n2)cc1Br. The first-order valence-corrected chi connectivity index (χ1v) is 7.89. The second kappa shape index (κ2) is 5.27. The Kier molecular flexibility index (Phi) is 4.08. The molecule has 2 aromatic heterocycles. The predicted molar refractivity (Wildman–Crippen MR) is 84.0 cm³/mol. The number of halogens is 2.